The SMILES string of the molecule is Cc1ccc(S(=O)(=O)N2CCOCC2)cc1-c1cnc(N)c(C(=O)O)n1. The number of nitrogens with zero attached hydrogens (tertiary/aromatic N) is 3. The number of nitrogen functional groups attached to an aromatic ring is 1. The lowest BCUT2D eigenvalue weighted by molar-refractivity contribution is 0.0691. The lowest BCUT2D eigenvalue weighted by Crippen LogP contribution is -2.40. The van der Waals surface area contributed by atoms with Crippen molar-refractivity contribution in [3.63, 3.8) is 0 Å². The van der Waals surface area contributed by atoms with E-state index < -0.39 is 16.0 Å². The van der Waals surface area contributed by atoms with Crippen molar-refractivity contribution >= 4 is 21.8 Å². The molecule has 0 spiro atoms. The molecule has 3 rings (SSSR count). The quantitative estimate of drug-likeness (QED) is 0.795. The molecule has 1 saturated heterocycles. The Labute approximate surface area is 150 Å². The third kappa shape index (κ3) is 3.39. The van der Waals surface area contributed by atoms with Crippen LogP contribution < -0.4 is 5.73 Å². The molecule has 3 N–H and O–H groups in total. The Morgan fingerprint density at radius 2 is 2.00 bits per heavy atom. The fourth-order valence-corrected chi connectivity index (χ4v) is 4.09. The smallest absolute Gasteiger partial charge is 0.358 e. The Morgan fingerprint density at radius 1 is 1.31 bits per heavy atom. The van der Waals surface area contributed by atoms with E-state index in [-0.39, 0.29) is 35.2 Å². The predicted octanol–water partition coefficient (Wildman–Crippen LogP) is 0.753. The molecular weight excluding hydrogens is 360 g/mol. The summed E-state index contributed by atoms with van der Waals surface area (Å²) in [4.78, 5) is 19.2. The van der Waals surface area contributed by atoms with Gasteiger partial charge in [0.1, 0.15) is 0 Å². The molecule has 0 aliphatic carbocycles. The fraction of sp³-hybridized carbons (Fsp3) is 0.312. The molecule has 9 nitrogen and oxygen atoms in total. The van der Waals surface area contributed by atoms with E-state index in [9.17, 15) is 13.2 Å². The Bertz CT molecular complexity index is 955. The molecule has 10 heteroatoms. The van der Waals surface area contributed by atoms with Gasteiger partial charge in [-0.1, -0.05) is 6.07 Å². The monoisotopic (exact) mass is 378 g/mol. The highest BCUT2D eigenvalue weighted by molar-refractivity contribution is 7.89. The molecule has 1 aromatic heterocycles. The minimum atomic E-state index is -3.68. The minimum absolute atomic E-state index is 0.107. The standard InChI is InChI=1S/C16H18N4O5S/c1-10-2-3-11(26(23,24)20-4-6-25-7-5-20)8-12(10)13-9-18-15(17)14(19-13)16(21)22/h2-3,8-9H,4-7H2,1H3,(H2,17,18)(H,21,22). The van der Waals surface area contributed by atoms with Gasteiger partial charge >= 0.3 is 5.97 Å². The van der Waals surface area contributed by atoms with E-state index in [1.807, 2.05) is 0 Å². The largest absolute Gasteiger partial charge is 0.476 e. The molecule has 0 unspecified atom stereocenters. The predicted molar refractivity (Wildman–Crippen MR) is 93.2 cm³/mol. The number of aromatic nitrogens is 2. The van der Waals surface area contributed by atoms with Crippen molar-refractivity contribution in [1.82, 2.24) is 14.3 Å². The van der Waals surface area contributed by atoms with Crippen molar-refractivity contribution in [2.75, 3.05) is 32.0 Å². The summed E-state index contributed by atoms with van der Waals surface area (Å²) in [5.41, 5.74) is 6.62. The summed E-state index contributed by atoms with van der Waals surface area (Å²) >= 11 is 0. The van der Waals surface area contributed by atoms with Gasteiger partial charge in [-0.05, 0) is 24.6 Å². The lowest BCUT2D eigenvalue weighted by Gasteiger charge is -2.26. The molecule has 1 aliphatic heterocycles. The molecule has 1 aliphatic rings. The van der Waals surface area contributed by atoms with E-state index in [0.717, 1.165) is 5.56 Å². The number of benzene rings is 1. The van der Waals surface area contributed by atoms with Gasteiger partial charge in [-0.2, -0.15) is 4.31 Å². The first-order valence-electron chi connectivity index (χ1n) is 7.85. The minimum Gasteiger partial charge on any atom is -0.476 e. The maximum atomic E-state index is 12.8. The molecule has 0 saturated carbocycles. The number of carbonyl (C=O) groups is 1. The van der Waals surface area contributed by atoms with E-state index in [2.05, 4.69) is 9.97 Å². The molecule has 0 atom stereocenters. The van der Waals surface area contributed by atoms with Crippen molar-refractivity contribution in [1.29, 1.82) is 0 Å². The first-order valence-corrected chi connectivity index (χ1v) is 9.29. The van der Waals surface area contributed by atoms with Crippen LogP contribution in [0.3, 0.4) is 0 Å². The topological polar surface area (TPSA) is 136 Å². The molecule has 0 bridgehead atoms. The van der Waals surface area contributed by atoms with E-state index in [1.54, 1.807) is 13.0 Å². The van der Waals surface area contributed by atoms with Gasteiger partial charge in [-0.15, -0.1) is 0 Å². The number of carboxylic acids is 1. The van der Waals surface area contributed by atoms with Crippen molar-refractivity contribution in [2.45, 2.75) is 11.8 Å². The summed E-state index contributed by atoms with van der Waals surface area (Å²) in [6.45, 7) is 3.05. The summed E-state index contributed by atoms with van der Waals surface area (Å²) in [6.07, 6.45) is 1.33. The zero-order chi connectivity index (χ0) is 18.9. The van der Waals surface area contributed by atoms with Crippen LogP contribution in [-0.2, 0) is 14.8 Å². The second kappa shape index (κ2) is 6.98. The Morgan fingerprint density at radius 3 is 2.65 bits per heavy atom. The maximum Gasteiger partial charge on any atom is 0.358 e. The molecule has 138 valence electrons. The molecule has 0 radical (unpaired) electrons. The Kier molecular flexibility index (Phi) is 4.90. The molecule has 2 aromatic rings. The van der Waals surface area contributed by atoms with Crippen LogP contribution in [0.2, 0.25) is 0 Å². The number of hydrogen-bond acceptors (Lipinski definition) is 7. The number of aryl methyl sites for hydroxylation is 1. The van der Waals surface area contributed by atoms with Crippen molar-refractivity contribution in [3.05, 3.63) is 35.7 Å². The first-order chi connectivity index (χ1) is 12.3. The van der Waals surface area contributed by atoms with Gasteiger partial charge in [0.25, 0.3) is 0 Å². The van der Waals surface area contributed by atoms with Gasteiger partial charge in [-0.25, -0.2) is 23.2 Å². The summed E-state index contributed by atoms with van der Waals surface area (Å²) < 4.78 is 32.2. The first kappa shape index (κ1) is 18.2. The fourth-order valence-electron chi connectivity index (χ4n) is 2.66. The highest BCUT2D eigenvalue weighted by atomic mass is 32.2. The van der Waals surface area contributed by atoms with Crippen LogP contribution >= 0.6 is 0 Å². The van der Waals surface area contributed by atoms with Crippen LogP contribution in [0.5, 0.6) is 0 Å². The second-order valence-corrected chi connectivity index (χ2v) is 7.73. The summed E-state index contributed by atoms with van der Waals surface area (Å²) in [5, 5.41) is 9.16. The normalized spacial score (nSPS) is 15.7. The summed E-state index contributed by atoms with van der Waals surface area (Å²) in [6, 6.07) is 4.65. The molecule has 1 fully saturated rings. The van der Waals surface area contributed by atoms with Crippen LogP contribution in [0, 0.1) is 6.92 Å². The summed E-state index contributed by atoms with van der Waals surface area (Å²) in [7, 11) is -3.68. The Balaban J connectivity index is 2.06. The number of carboxylic acid groups (broad SMARTS) is 1. The van der Waals surface area contributed by atoms with E-state index in [4.69, 9.17) is 15.6 Å². The van der Waals surface area contributed by atoms with E-state index in [1.165, 1.54) is 22.6 Å². The van der Waals surface area contributed by atoms with Crippen LogP contribution in [0.25, 0.3) is 11.3 Å². The van der Waals surface area contributed by atoms with Gasteiger partial charge in [-0.3, -0.25) is 0 Å². The molecular formula is C16H18N4O5S. The number of hydrogen-bond donors (Lipinski definition) is 2. The average Bonchev–Trinajstić information content (AvgIpc) is 2.63. The zero-order valence-electron chi connectivity index (χ0n) is 14.0. The van der Waals surface area contributed by atoms with E-state index >= 15 is 0 Å². The second-order valence-electron chi connectivity index (χ2n) is 5.79. The number of sulfonamides is 1. The average molecular weight is 378 g/mol. The molecule has 1 aromatic carbocycles. The zero-order valence-corrected chi connectivity index (χ0v) is 14.9. The summed E-state index contributed by atoms with van der Waals surface area (Å²) in [5.74, 6) is -1.50. The molecule has 2 heterocycles. The van der Waals surface area contributed by atoms with E-state index in [0.29, 0.717) is 18.8 Å². The van der Waals surface area contributed by atoms with Gasteiger partial charge in [0, 0.05) is 18.7 Å². The highest BCUT2D eigenvalue weighted by Gasteiger charge is 2.27. The number of nitrogens with two attached hydrogens (primary N) is 1. The van der Waals surface area contributed by atoms with Crippen molar-refractivity contribution in [2.24, 2.45) is 0 Å². The van der Waals surface area contributed by atoms with Crippen molar-refractivity contribution < 1.29 is 23.1 Å². The van der Waals surface area contributed by atoms with Crippen LogP contribution in [-0.4, -0.2) is 60.1 Å². The third-order valence-corrected chi connectivity index (χ3v) is 5.99. The third-order valence-electron chi connectivity index (χ3n) is 4.10. The van der Waals surface area contributed by atoms with Crippen molar-refractivity contribution in [3.8, 4) is 11.3 Å². The van der Waals surface area contributed by atoms with Crippen LogP contribution in [0.15, 0.2) is 29.3 Å². The number of aromatic carboxylic acids is 1. The van der Waals surface area contributed by atoms with Crippen LogP contribution in [0.4, 0.5) is 5.82 Å². The molecule has 0 amide bonds. The van der Waals surface area contributed by atoms with Gasteiger partial charge in [0.2, 0.25) is 10.0 Å². The molecule has 26 heavy (non-hydrogen) atoms. The number of ether oxygens (including phenoxy) is 1. The number of rotatable bonds is 4. The Hall–Kier alpha value is -2.56. The maximum absolute atomic E-state index is 12.8. The van der Waals surface area contributed by atoms with Crippen LogP contribution in [0.1, 0.15) is 16.1 Å². The van der Waals surface area contributed by atoms with Gasteiger partial charge < -0.3 is 15.6 Å². The number of anilines is 1. The highest BCUT2D eigenvalue weighted by Crippen LogP contribution is 2.27. The van der Waals surface area contributed by atoms with Gasteiger partial charge in [0.05, 0.1) is 30.0 Å². The lowest BCUT2D eigenvalue weighted by atomic mass is 10.1. The van der Waals surface area contributed by atoms with Gasteiger partial charge in [0.15, 0.2) is 11.5 Å². The number of morpholine rings is 1.